The fourth-order valence-corrected chi connectivity index (χ4v) is 3.18. The van der Waals surface area contributed by atoms with Gasteiger partial charge in [0.15, 0.2) is 0 Å². The van der Waals surface area contributed by atoms with Gasteiger partial charge in [-0.1, -0.05) is 6.92 Å². The molecule has 0 saturated carbocycles. The monoisotopic (exact) mass is 375 g/mol. The lowest BCUT2D eigenvalue weighted by molar-refractivity contribution is 0.0772. The van der Waals surface area contributed by atoms with Crippen LogP contribution in [0.15, 0.2) is 24.0 Å². The molecule has 2 aromatic rings. The molecule has 2 N–H and O–H groups in total. The van der Waals surface area contributed by atoms with Gasteiger partial charge in [0.1, 0.15) is 16.4 Å². The lowest BCUT2D eigenvalue weighted by Crippen LogP contribution is -2.34. The second-order valence-corrected chi connectivity index (χ2v) is 6.48. The second-order valence-electron chi connectivity index (χ2n) is 5.62. The van der Waals surface area contributed by atoms with Crippen LogP contribution < -0.4 is 5.73 Å². The minimum atomic E-state index is -0.0291. The highest BCUT2D eigenvalue weighted by molar-refractivity contribution is 7.13. The molecular formula is C14H19Cl2N5OS. The van der Waals surface area contributed by atoms with Crippen LogP contribution in [-0.2, 0) is 0 Å². The van der Waals surface area contributed by atoms with E-state index in [0.29, 0.717) is 29.5 Å². The van der Waals surface area contributed by atoms with Gasteiger partial charge in [-0.25, -0.2) is 4.98 Å². The standard InChI is InChI=1S/C14H17N5OS.2ClH/c1-14(8-15)2-5-19(9-14)13(20)11-7-21-12(18-11)10-6-16-3-4-17-10;;/h3-4,6-7H,2,5,8-9,15H2,1H3;2*1H. The Balaban J connectivity index is 0.00000132. The van der Waals surface area contributed by atoms with Crippen LogP contribution in [0.1, 0.15) is 23.8 Å². The van der Waals surface area contributed by atoms with Crippen LogP contribution in [0.25, 0.3) is 10.7 Å². The van der Waals surface area contributed by atoms with Crippen LogP contribution in [0, 0.1) is 5.41 Å². The number of likely N-dealkylation sites (tertiary alicyclic amines) is 1. The van der Waals surface area contributed by atoms with E-state index < -0.39 is 0 Å². The van der Waals surface area contributed by atoms with E-state index in [2.05, 4.69) is 21.9 Å². The van der Waals surface area contributed by atoms with E-state index >= 15 is 0 Å². The number of hydrogen-bond donors (Lipinski definition) is 1. The number of nitrogens with zero attached hydrogens (tertiary/aromatic N) is 4. The summed E-state index contributed by atoms with van der Waals surface area (Å²) in [7, 11) is 0. The molecule has 0 aliphatic carbocycles. The summed E-state index contributed by atoms with van der Waals surface area (Å²) >= 11 is 1.41. The highest BCUT2D eigenvalue weighted by atomic mass is 35.5. The molecule has 1 aliphatic rings. The molecule has 3 rings (SSSR count). The second kappa shape index (κ2) is 8.01. The van der Waals surface area contributed by atoms with Crippen molar-refractivity contribution in [2.45, 2.75) is 13.3 Å². The topological polar surface area (TPSA) is 85.0 Å². The van der Waals surface area contributed by atoms with Crippen LogP contribution in [-0.4, -0.2) is 45.4 Å². The number of nitrogens with two attached hydrogens (primary N) is 1. The van der Waals surface area contributed by atoms with Crippen LogP contribution >= 0.6 is 36.2 Å². The number of carbonyl (C=O) groups excluding carboxylic acids is 1. The summed E-state index contributed by atoms with van der Waals surface area (Å²) in [6, 6.07) is 0. The van der Waals surface area contributed by atoms with Gasteiger partial charge in [0.05, 0.1) is 6.20 Å². The van der Waals surface area contributed by atoms with Crippen LogP contribution in [0.3, 0.4) is 0 Å². The molecule has 23 heavy (non-hydrogen) atoms. The van der Waals surface area contributed by atoms with Gasteiger partial charge in [0.2, 0.25) is 0 Å². The number of aromatic nitrogens is 3. The van der Waals surface area contributed by atoms with Gasteiger partial charge in [-0.2, -0.15) is 0 Å². The summed E-state index contributed by atoms with van der Waals surface area (Å²) in [5.74, 6) is -0.0291. The zero-order valence-electron chi connectivity index (χ0n) is 12.6. The Bertz CT molecular complexity index is 654. The normalized spacial score (nSPS) is 19.8. The van der Waals surface area contributed by atoms with Gasteiger partial charge in [-0.3, -0.25) is 14.8 Å². The van der Waals surface area contributed by atoms with Crippen molar-refractivity contribution in [3.63, 3.8) is 0 Å². The molecule has 1 saturated heterocycles. The molecule has 1 fully saturated rings. The molecule has 0 spiro atoms. The molecule has 0 bridgehead atoms. The molecule has 1 amide bonds. The van der Waals surface area contributed by atoms with Crippen molar-refractivity contribution in [2.75, 3.05) is 19.6 Å². The third-order valence-electron chi connectivity index (χ3n) is 3.84. The lowest BCUT2D eigenvalue weighted by Gasteiger charge is -2.22. The quantitative estimate of drug-likeness (QED) is 0.888. The van der Waals surface area contributed by atoms with E-state index in [9.17, 15) is 4.79 Å². The minimum absolute atomic E-state index is 0. The van der Waals surface area contributed by atoms with Crippen LogP contribution in [0.5, 0.6) is 0 Å². The summed E-state index contributed by atoms with van der Waals surface area (Å²) in [6.07, 6.45) is 5.82. The van der Waals surface area contributed by atoms with E-state index in [1.807, 2.05) is 4.90 Å². The van der Waals surface area contributed by atoms with Crippen molar-refractivity contribution in [3.05, 3.63) is 29.7 Å². The van der Waals surface area contributed by atoms with Crippen molar-refractivity contribution in [3.8, 4) is 10.7 Å². The molecule has 3 heterocycles. The molecule has 0 radical (unpaired) electrons. The highest BCUT2D eigenvalue weighted by Gasteiger charge is 2.35. The largest absolute Gasteiger partial charge is 0.337 e. The number of thiazole rings is 1. The maximum Gasteiger partial charge on any atom is 0.273 e. The first-order valence-corrected chi connectivity index (χ1v) is 7.70. The lowest BCUT2D eigenvalue weighted by atomic mass is 9.90. The van der Waals surface area contributed by atoms with Crippen molar-refractivity contribution in [1.82, 2.24) is 19.9 Å². The number of rotatable bonds is 3. The van der Waals surface area contributed by atoms with Crippen molar-refractivity contribution < 1.29 is 4.79 Å². The van der Waals surface area contributed by atoms with E-state index in [1.165, 1.54) is 11.3 Å². The number of hydrogen-bond acceptors (Lipinski definition) is 6. The Morgan fingerprint density at radius 1 is 1.43 bits per heavy atom. The molecular weight excluding hydrogens is 357 g/mol. The SMILES string of the molecule is CC1(CN)CCN(C(=O)c2csc(-c3cnccn3)n2)C1.Cl.Cl. The average molecular weight is 376 g/mol. The predicted octanol–water partition coefficient (Wildman–Crippen LogP) is 2.25. The smallest absolute Gasteiger partial charge is 0.273 e. The van der Waals surface area contributed by atoms with E-state index in [-0.39, 0.29) is 36.1 Å². The molecule has 0 aromatic carbocycles. The first-order chi connectivity index (χ1) is 10.1. The van der Waals surface area contributed by atoms with Gasteiger partial charge in [-0.15, -0.1) is 36.2 Å². The third-order valence-corrected chi connectivity index (χ3v) is 4.71. The first-order valence-electron chi connectivity index (χ1n) is 6.83. The van der Waals surface area contributed by atoms with Crippen LogP contribution in [0.4, 0.5) is 0 Å². The maximum atomic E-state index is 12.5. The Morgan fingerprint density at radius 3 is 2.83 bits per heavy atom. The summed E-state index contributed by atoms with van der Waals surface area (Å²) in [4.78, 5) is 26.9. The van der Waals surface area contributed by atoms with E-state index in [1.54, 1.807) is 24.0 Å². The summed E-state index contributed by atoms with van der Waals surface area (Å²) in [6.45, 7) is 4.15. The van der Waals surface area contributed by atoms with Gasteiger partial charge >= 0.3 is 0 Å². The fraction of sp³-hybridized carbons (Fsp3) is 0.429. The van der Waals surface area contributed by atoms with Crippen LogP contribution in [0.2, 0.25) is 0 Å². The number of halogens is 2. The van der Waals surface area contributed by atoms with Gasteiger partial charge < -0.3 is 10.6 Å². The highest BCUT2D eigenvalue weighted by Crippen LogP contribution is 2.30. The minimum Gasteiger partial charge on any atom is -0.337 e. The number of amides is 1. The number of carbonyl (C=O) groups is 1. The molecule has 6 nitrogen and oxygen atoms in total. The van der Waals surface area contributed by atoms with Gasteiger partial charge in [0.25, 0.3) is 5.91 Å². The molecule has 2 aromatic heterocycles. The summed E-state index contributed by atoms with van der Waals surface area (Å²) in [5, 5.41) is 2.50. The van der Waals surface area contributed by atoms with Gasteiger partial charge in [0, 0.05) is 30.9 Å². The third kappa shape index (κ3) is 4.17. The van der Waals surface area contributed by atoms with Gasteiger partial charge in [-0.05, 0) is 18.4 Å². The molecule has 1 unspecified atom stereocenters. The van der Waals surface area contributed by atoms with Crippen molar-refractivity contribution >= 4 is 42.1 Å². The average Bonchev–Trinajstić information content (AvgIpc) is 3.15. The Labute approximate surface area is 151 Å². The Morgan fingerprint density at radius 2 is 2.22 bits per heavy atom. The van der Waals surface area contributed by atoms with Crippen molar-refractivity contribution in [1.29, 1.82) is 0 Å². The zero-order chi connectivity index (χ0) is 14.9. The molecule has 126 valence electrons. The Hall–Kier alpha value is -1.28. The van der Waals surface area contributed by atoms with E-state index in [4.69, 9.17) is 5.73 Å². The molecule has 1 atom stereocenters. The van der Waals surface area contributed by atoms with Crippen molar-refractivity contribution in [2.24, 2.45) is 11.1 Å². The fourth-order valence-electron chi connectivity index (χ4n) is 2.42. The predicted molar refractivity (Wildman–Crippen MR) is 95.3 cm³/mol. The summed E-state index contributed by atoms with van der Waals surface area (Å²) < 4.78 is 0. The Kier molecular flexibility index (Phi) is 6.88. The van der Waals surface area contributed by atoms with E-state index in [0.717, 1.165) is 13.0 Å². The maximum absolute atomic E-state index is 12.5. The zero-order valence-corrected chi connectivity index (χ0v) is 15.1. The molecule has 9 heteroatoms. The first kappa shape index (κ1) is 19.8. The summed E-state index contributed by atoms with van der Waals surface area (Å²) in [5.41, 5.74) is 6.97. The molecule has 1 aliphatic heterocycles.